The maximum atomic E-state index is 5.88. The van der Waals surface area contributed by atoms with Gasteiger partial charge in [0.25, 0.3) is 0 Å². The fraction of sp³-hybridized carbons (Fsp3) is 1.00. The van der Waals surface area contributed by atoms with E-state index < -0.39 is 7.42 Å². The summed E-state index contributed by atoms with van der Waals surface area (Å²) < 4.78 is 0. The SMILES string of the molecule is CCCCC(CC)[SiH](Cl)Cl. The van der Waals surface area contributed by atoms with Gasteiger partial charge < -0.3 is 0 Å². The van der Waals surface area contributed by atoms with Gasteiger partial charge in [-0.3, -0.25) is 0 Å². The lowest BCUT2D eigenvalue weighted by Crippen LogP contribution is -2.05. The molecule has 0 amide bonds. The highest BCUT2D eigenvalue weighted by Gasteiger charge is 2.15. The van der Waals surface area contributed by atoms with Gasteiger partial charge in [-0.2, -0.15) is 22.2 Å². The Kier molecular flexibility index (Phi) is 7.02. The molecular weight excluding hydrogens is 183 g/mol. The second-order valence-corrected chi connectivity index (χ2v) is 7.75. The Bertz CT molecular complexity index is 76.0. The van der Waals surface area contributed by atoms with Gasteiger partial charge in [0.1, 0.15) is 0 Å². The largest absolute Gasteiger partial charge is 0.240 e. The van der Waals surface area contributed by atoms with Crippen LogP contribution in [0.2, 0.25) is 5.54 Å². The highest BCUT2D eigenvalue weighted by molar-refractivity contribution is 7.34. The molecule has 0 aliphatic heterocycles. The van der Waals surface area contributed by atoms with E-state index in [1.165, 1.54) is 19.3 Å². The van der Waals surface area contributed by atoms with E-state index in [0.29, 0.717) is 5.54 Å². The standard InChI is InChI=1S/C7H16Cl2Si/c1-3-5-6-7(4-2)10(8)9/h7,10H,3-6H2,1-2H3. The van der Waals surface area contributed by atoms with Crippen LogP contribution in [0.1, 0.15) is 39.5 Å². The van der Waals surface area contributed by atoms with E-state index in [1.807, 2.05) is 0 Å². The molecule has 1 atom stereocenters. The molecule has 0 saturated heterocycles. The molecule has 0 N–H and O–H groups in total. The summed E-state index contributed by atoms with van der Waals surface area (Å²) >= 11 is 11.8. The van der Waals surface area contributed by atoms with E-state index in [-0.39, 0.29) is 0 Å². The highest BCUT2D eigenvalue weighted by atomic mass is 35.7. The van der Waals surface area contributed by atoms with Crippen LogP contribution in [0, 0.1) is 0 Å². The van der Waals surface area contributed by atoms with Crippen molar-refractivity contribution in [3.63, 3.8) is 0 Å². The van der Waals surface area contributed by atoms with Gasteiger partial charge in [-0.1, -0.05) is 39.5 Å². The maximum Gasteiger partial charge on any atom is 0.240 e. The van der Waals surface area contributed by atoms with Gasteiger partial charge in [-0.25, -0.2) is 0 Å². The lowest BCUT2D eigenvalue weighted by atomic mass is 10.2. The van der Waals surface area contributed by atoms with Crippen molar-refractivity contribution in [2.24, 2.45) is 0 Å². The van der Waals surface area contributed by atoms with Crippen molar-refractivity contribution in [3.8, 4) is 0 Å². The normalized spacial score (nSPS) is 14.1. The zero-order valence-corrected chi connectivity index (χ0v) is 9.41. The fourth-order valence-electron chi connectivity index (χ4n) is 0.975. The van der Waals surface area contributed by atoms with E-state index in [4.69, 9.17) is 22.2 Å². The minimum Gasteiger partial charge on any atom is -0.150 e. The molecule has 0 aliphatic carbocycles. The van der Waals surface area contributed by atoms with Crippen LogP contribution in [0.4, 0.5) is 0 Å². The second-order valence-electron chi connectivity index (χ2n) is 2.65. The summed E-state index contributed by atoms with van der Waals surface area (Å²) in [5.74, 6) is 0. The van der Waals surface area contributed by atoms with Gasteiger partial charge in [0.15, 0.2) is 0 Å². The Morgan fingerprint density at radius 1 is 1.30 bits per heavy atom. The smallest absolute Gasteiger partial charge is 0.150 e. The third-order valence-corrected chi connectivity index (χ3v) is 5.46. The summed E-state index contributed by atoms with van der Waals surface area (Å²) in [7, 11) is -1.37. The van der Waals surface area contributed by atoms with E-state index >= 15 is 0 Å². The van der Waals surface area contributed by atoms with E-state index in [9.17, 15) is 0 Å². The number of hydrogen-bond acceptors (Lipinski definition) is 0. The summed E-state index contributed by atoms with van der Waals surface area (Å²) in [5.41, 5.74) is 0.642. The van der Waals surface area contributed by atoms with Crippen LogP contribution in [0.5, 0.6) is 0 Å². The van der Waals surface area contributed by atoms with Gasteiger partial charge in [0, 0.05) is 0 Å². The summed E-state index contributed by atoms with van der Waals surface area (Å²) in [6, 6.07) is 0. The van der Waals surface area contributed by atoms with Crippen LogP contribution in [0.15, 0.2) is 0 Å². The van der Waals surface area contributed by atoms with E-state index in [1.54, 1.807) is 0 Å². The Labute approximate surface area is 74.9 Å². The Morgan fingerprint density at radius 2 is 1.90 bits per heavy atom. The predicted molar refractivity (Wildman–Crippen MR) is 52.4 cm³/mol. The number of hydrogen-bond donors (Lipinski definition) is 0. The van der Waals surface area contributed by atoms with Crippen LogP contribution in [0.25, 0.3) is 0 Å². The van der Waals surface area contributed by atoms with E-state index in [2.05, 4.69) is 13.8 Å². The van der Waals surface area contributed by atoms with Crippen molar-refractivity contribution < 1.29 is 0 Å². The molecule has 62 valence electrons. The van der Waals surface area contributed by atoms with Gasteiger partial charge in [0.2, 0.25) is 7.42 Å². The Balaban J connectivity index is 3.40. The third kappa shape index (κ3) is 4.59. The average molecular weight is 199 g/mol. The molecule has 0 spiro atoms. The first-order chi connectivity index (χ1) is 4.72. The lowest BCUT2D eigenvalue weighted by Gasteiger charge is -2.12. The van der Waals surface area contributed by atoms with Crippen LogP contribution >= 0.6 is 22.2 Å². The Hall–Kier alpha value is 0.797. The Morgan fingerprint density at radius 3 is 2.20 bits per heavy atom. The zero-order chi connectivity index (χ0) is 7.98. The first-order valence-corrected chi connectivity index (χ1v) is 8.16. The van der Waals surface area contributed by atoms with E-state index in [0.717, 1.165) is 6.42 Å². The molecule has 1 unspecified atom stereocenters. The monoisotopic (exact) mass is 198 g/mol. The first kappa shape index (κ1) is 10.8. The molecule has 0 heterocycles. The summed E-state index contributed by atoms with van der Waals surface area (Å²) in [4.78, 5) is 0. The van der Waals surface area contributed by atoms with Crippen LogP contribution < -0.4 is 0 Å². The van der Waals surface area contributed by atoms with Crippen LogP contribution in [0.3, 0.4) is 0 Å². The predicted octanol–water partition coefficient (Wildman–Crippen LogP) is 3.65. The molecule has 0 aromatic heterocycles. The quantitative estimate of drug-likeness (QED) is 0.468. The van der Waals surface area contributed by atoms with Crippen LogP contribution in [-0.2, 0) is 0 Å². The molecule has 0 rings (SSSR count). The molecule has 3 heteroatoms. The lowest BCUT2D eigenvalue weighted by molar-refractivity contribution is 0.651. The second kappa shape index (κ2) is 6.50. The zero-order valence-electron chi connectivity index (χ0n) is 6.74. The number of halogens is 2. The number of unbranched alkanes of at least 4 members (excludes halogenated alkanes) is 1. The van der Waals surface area contributed by atoms with Gasteiger partial charge in [-0.15, -0.1) is 0 Å². The van der Waals surface area contributed by atoms with Crippen molar-refractivity contribution >= 4 is 29.6 Å². The molecule has 0 saturated carbocycles. The number of rotatable bonds is 5. The fourth-order valence-corrected chi connectivity index (χ4v) is 3.64. The van der Waals surface area contributed by atoms with Crippen LogP contribution in [-0.4, -0.2) is 7.42 Å². The maximum absolute atomic E-state index is 5.88. The highest BCUT2D eigenvalue weighted by Crippen LogP contribution is 2.26. The van der Waals surface area contributed by atoms with Crippen molar-refractivity contribution in [3.05, 3.63) is 0 Å². The molecular formula is C7H16Cl2Si. The summed E-state index contributed by atoms with van der Waals surface area (Å²) in [6.45, 7) is 4.37. The van der Waals surface area contributed by atoms with Crippen molar-refractivity contribution in [1.82, 2.24) is 0 Å². The van der Waals surface area contributed by atoms with Gasteiger partial charge in [0.05, 0.1) is 0 Å². The molecule has 10 heavy (non-hydrogen) atoms. The molecule has 0 radical (unpaired) electrons. The summed E-state index contributed by atoms with van der Waals surface area (Å²) in [5, 5.41) is 0. The molecule has 0 fully saturated rings. The topological polar surface area (TPSA) is 0 Å². The third-order valence-electron chi connectivity index (χ3n) is 1.81. The van der Waals surface area contributed by atoms with Crippen molar-refractivity contribution in [2.75, 3.05) is 0 Å². The van der Waals surface area contributed by atoms with Crippen molar-refractivity contribution in [1.29, 1.82) is 0 Å². The average Bonchev–Trinajstić information content (AvgIpc) is 1.89. The van der Waals surface area contributed by atoms with Crippen molar-refractivity contribution in [2.45, 2.75) is 45.1 Å². The minimum atomic E-state index is -1.37. The molecule has 0 aromatic carbocycles. The minimum absolute atomic E-state index is 0.642. The molecule has 0 aromatic rings. The molecule has 0 bridgehead atoms. The summed E-state index contributed by atoms with van der Waals surface area (Å²) in [6.07, 6.45) is 4.92. The van der Waals surface area contributed by atoms with Gasteiger partial charge in [-0.05, 0) is 5.54 Å². The first-order valence-electron chi connectivity index (χ1n) is 4.00. The molecule has 0 aliphatic rings. The molecule has 0 nitrogen and oxygen atoms in total. The van der Waals surface area contributed by atoms with Gasteiger partial charge >= 0.3 is 0 Å².